The third-order valence-corrected chi connectivity index (χ3v) is 2.14. The molecular formula is C9H10ClNO4. The van der Waals surface area contributed by atoms with Crippen molar-refractivity contribution in [2.45, 2.75) is 6.92 Å². The van der Waals surface area contributed by atoms with E-state index in [1.165, 1.54) is 17.2 Å². The van der Waals surface area contributed by atoms with Gasteiger partial charge in [-0.05, 0) is 24.6 Å². The van der Waals surface area contributed by atoms with Crippen LogP contribution in [-0.2, 0) is 4.79 Å². The van der Waals surface area contributed by atoms with E-state index >= 15 is 0 Å². The molecule has 0 fully saturated rings. The molecular weight excluding hydrogens is 222 g/mol. The van der Waals surface area contributed by atoms with Crippen LogP contribution in [0, 0.1) is 0 Å². The smallest absolute Gasteiger partial charge is 0.323 e. The van der Waals surface area contributed by atoms with Gasteiger partial charge in [-0.25, -0.2) is 0 Å². The molecule has 1 aromatic rings. The summed E-state index contributed by atoms with van der Waals surface area (Å²) in [4.78, 5) is 23.4. The van der Waals surface area contributed by atoms with Gasteiger partial charge in [-0.3, -0.25) is 9.59 Å². The van der Waals surface area contributed by atoms with Gasteiger partial charge in [-0.2, -0.15) is 0 Å². The number of carboxylic acid groups (broad SMARTS) is 1. The van der Waals surface area contributed by atoms with Crippen molar-refractivity contribution < 1.29 is 19.1 Å². The second-order valence-corrected chi connectivity index (χ2v) is 3.16. The molecule has 0 aliphatic carbocycles. The Balaban J connectivity index is 2.82. The van der Waals surface area contributed by atoms with Crippen LogP contribution in [0.15, 0.2) is 16.7 Å². The highest BCUT2D eigenvalue weighted by molar-refractivity contribution is 6.32. The van der Waals surface area contributed by atoms with E-state index in [2.05, 4.69) is 0 Å². The summed E-state index contributed by atoms with van der Waals surface area (Å²) in [5.74, 6) is -1.51. The average Bonchev–Trinajstić information content (AvgIpc) is 2.59. The maximum atomic E-state index is 11.7. The van der Waals surface area contributed by atoms with Gasteiger partial charge in [0, 0.05) is 6.54 Å². The van der Waals surface area contributed by atoms with Crippen LogP contribution in [0.3, 0.4) is 0 Å². The second-order valence-electron chi connectivity index (χ2n) is 2.82. The number of likely N-dealkylation sites (N-methyl/N-ethyl adjacent to an activating group) is 1. The number of halogens is 1. The summed E-state index contributed by atoms with van der Waals surface area (Å²) in [5, 5.41) is 8.56. The largest absolute Gasteiger partial charge is 0.480 e. The van der Waals surface area contributed by atoms with E-state index < -0.39 is 11.9 Å². The van der Waals surface area contributed by atoms with Crippen LogP contribution >= 0.6 is 11.6 Å². The van der Waals surface area contributed by atoms with Crippen molar-refractivity contribution in [3.8, 4) is 0 Å². The molecule has 0 aromatic carbocycles. The lowest BCUT2D eigenvalue weighted by Gasteiger charge is -2.17. The van der Waals surface area contributed by atoms with Crippen LogP contribution in [0.4, 0.5) is 0 Å². The van der Waals surface area contributed by atoms with Crippen LogP contribution in [-0.4, -0.2) is 35.0 Å². The minimum atomic E-state index is -1.06. The molecule has 0 atom stereocenters. The summed E-state index contributed by atoms with van der Waals surface area (Å²) < 4.78 is 4.76. The molecule has 0 spiro atoms. The normalized spacial score (nSPS) is 10.0. The fourth-order valence-electron chi connectivity index (χ4n) is 1.11. The Hall–Kier alpha value is -1.49. The van der Waals surface area contributed by atoms with Gasteiger partial charge in [0.25, 0.3) is 5.91 Å². The second kappa shape index (κ2) is 4.84. The highest BCUT2D eigenvalue weighted by Crippen LogP contribution is 2.18. The van der Waals surface area contributed by atoms with E-state index in [0.717, 1.165) is 0 Å². The van der Waals surface area contributed by atoms with Crippen LogP contribution < -0.4 is 0 Å². The molecule has 0 saturated heterocycles. The SMILES string of the molecule is CCN(CC(=O)O)C(=O)c1ccoc1Cl. The van der Waals surface area contributed by atoms with Gasteiger partial charge in [0.2, 0.25) is 5.22 Å². The summed E-state index contributed by atoms with van der Waals surface area (Å²) in [6, 6.07) is 1.41. The number of hydrogen-bond acceptors (Lipinski definition) is 3. The van der Waals surface area contributed by atoms with Gasteiger partial charge in [0.15, 0.2) is 0 Å². The van der Waals surface area contributed by atoms with E-state index in [1.54, 1.807) is 6.92 Å². The van der Waals surface area contributed by atoms with Crippen molar-refractivity contribution in [2.24, 2.45) is 0 Å². The fourth-order valence-corrected chi connectivity index (χ4v) is 1.30. The third kappa shape index (κ3) is 2.73. The summed E-state index contributed by atoms with van der Waals surface area (Å²) in [6.45, 7) is 1.64. The van der Waals surface area contributed by atoms with Gasteiger partial charge in [0.05, 0.1) is 11.8 Å². The number of nitrogens with zero attached hydrogens (tertiary/aromatic N) is 1. The first-order valence-electron chi connectivity index (χ1n) is 4.30. The Bertz CT molecular complexity index is 374. The summed E-state index contributed by atoms with van der Waals surface area (Å²) in [7, 11) is 0. The van der Waals surface area contributed by atoms with E-state index in [4.69, 9.17) is 21.1 Å². The predicted molar refractivity (Wildman–Crippen MR) is 52.9 cm³/mol. The monoisotopic (exact) mass is 231 g/mol. The molecule has 0 bridgehead atoms. The number of carbonyl (C=O) groups excluding carboxylic acids is 1. The number of amides is 1. The van der Waals surface area contributed by atoms with Gasteiger partial charge < -0.3 is 14.4 Å². The molecule has 0 radical (unpaired) electrons. The van der Waals surface area contributed by atoms with E-state index in [0.29, 0.717) is 6.54 Å². The number of furan rings is 1. The fraction of sp³-hybridized carbons (Fsp3) is 0.333. The van der Waals surface area contributed by atoms with Crippen molar-refractivity contribution in [2.75, 3.05) is 13.1 Å². The van der Waals surface area contributed by atoms with Gasteiger partial charge in [-0.15, -0.1) is 0 Å². The third-order valence-electron chi connectivity index (χ3n) is 1.84. The molecule has 1 aromatic heterocycles. The van der Waals surface area contributed by atoms with E-state index in [1.807, 2.05) is 0 Å². The lowest BCUT2D eigenvalue weighted by atomic mass is 10.3. The number of rotatable bonds is 4. The lowest BCUT2D eigenvalue weighted by molar-refractivity contribution is -0.137. The van der Waals surface area contributed by atoms with Gasteiger partial charge in [0.1, 0.15) is 6.54 Å². The Morgan fingerprint density at radius 2 is 2.27 bits per heavy atom. The zero-order valence-electron chi connectivity index (χ0n) is 8.07. The Morgan fingerprint density at radius 1 is 1.60 bits per heavy atom. The molecule has 82 valence electrons. The highest BCUT2D eigenvalue weighted by atomic mass is 35.5. The maximum Gasteiger partial charge on any atom is 0.323 e. The number of carboxylic acids is 1. The summed E-state index contributed by atoms with van der Waals surface area (Å²) in [6.07, 6.45) is 1.28. The Labute approximate surface area is 91.2 Å². The molecule has 6 heteroatoms. The number of aliphatic carboxylic acids is 1. The molecule has 0 unspecified atom stereocenters. The predicted octanol–water partition coefficient (Wildman–Crippen LogP) is 1.48. The molecule has 0 saturated carbocycles. The van der Waals surface area contributed by atoms with Crippen LogP contribution in [0.25, 0.3) is 0 Å². The first kappa shape index (κ1) is 11.6. The average molecular weight is 232 g/mol. The first-order chi connectivity index (χ1) is 7.06. The van der Waals surface area contributed by atoms with Gasteiger partial charge >= 0.3 is 5.97 Å². The van der Waals surface area contributed by atoms with Crippen LogP contribution in [0.1, 0.15) is 17.3 Å². The van der Waals surface area contributed by atoms with Crippen LogP contribution in [0.5, 0.6) is 0 Å². The zero-order valence-corrected chi connectivity index (χ0v) is 8.82. The van der Waals surface area contributed by atoms with Crippen LogP contribution in [0.2, 0.25) is 5.22 Å². The molecule has 15 heavy (non-hydrogen) atoms. The summed E-state index contributed by atoms with van der Waals surface area (Å²) >= 11 is 5.61. The minimum absolute atomic E-state index is 0.0242. The first-order valence-corrected chi connectivity index (χ1v) is 4.68. The standard InChI is InChI=1S/C9H10ClNO4/c1-2-11(5-7(12)13)9(14)6-3-4-15-8(6)10/h3-4H,2,5H2,1H3,(H,12,13). The topological polar surface area (TPSA) is 70.8 Å². The minimum Gasteiger partial charge on any atom is -0.480 e. The Morgan fingerprint density at radius 3 is 2.67 bits per heavy atom. The quantitative estimate of drug-likeness (QED) is 0.852. The molecule has 5 nitrogen and oxygen atoms in total. The van der Waals surface area contributed by atoms with Crippen molar-refractivity contribution in [1.82, 2.24) is 4.90 Å². The Kier molecular flexibility index (Phi) is 3.74. The van der Waals surface area contributed by atoms with E-state index in [-0.39, 0.29) is 17.3 Å². The zero-order chi connectivity index (χ0) is 11.4. The number of hydrogen-bond donors (Lipinski definition) is 1. The number of carbonyl (C=O) groups is 2. The molecule has 1 amide bonds. The molecule has 1 rings (SSSR count). The molecule has 1 heterocycles. The highest BCUT2D eigenvalue weighted by Gasteiger charge is 2.20. The van der Waals surface area contributed by atoms with Gasteiger partial charge in [-0.1, -0.05) is 0 Å². The molecule has 0 aliphatic rings. The summed E-state index contributed by atoms with van der Waals surface area (Å²) in [5.41, 5.74) is 0.180. The lowest BCUT2D eigenvalue weighted by Crippen LogP contribution is -2.35. The van der Waals surface area contributed by atoms with Crippen molar-refractivity contribution in [1.29, 1.82) is 0 Å². The van der Waals surface area contributed by atoms with Crippen molar-refractivity contribution in [3.63, 3.8) is 0 Å². The van der Waals surface area contributed by atoms with Crippen molar-refractivity contribution >= 4 is 23.5 Å². The van der Waals surface area contributed by atoms with Crippen molar-refractivity contribution in [3.05, 3.63) is 23.1 Å². The molecule has 1 N–H and O–H groups in total. The van der Waals surface area contributed by atoms with E-state index in [9.17, 15) is 9.59 Å². The maximum absolute atomic E-state index is 11.7. The molecule has 0 aliphatic heterocycles.